The van der Waals surface area contributed by atoms with E-state index in [0.717, 1.165) is 11.1 Å². The Balaban J connectivity index is 2.21. The van der Waals surface area contributed by atoms with Crippen molar-refractivity contribution in [2.75, 3.05) is 7.05 Å². The van der Waals surface area contributed by atoms with Crippen LogP contribution in [0.3, 0.4) is 0 Å². The highest BCUT2D eigenvalue weighted by Crippen LogP contribution is 2.21. The zero-order chi connectivity index (χ0) is 25.3. The molecule has 2 aromatic carbocycles. The highest BCUT2D eigenvalue weighted by atomic mass is 16.5. The highest BCUT2D eigenvalue weighted by Gasteiger charge is 2.37. The number of likely N-dealkylation sites (N-methyl/N-ethyl adjacent to an activating group) is 1. The lowest BCUT2D eigenvalue weighted by molar-refractivity contribution is -0.146. The zero-order valence-electron chi connectivity index (χ0n) is 19.8. The molecule has 0 fully saturated rings. The van der Waals surface area contributed by atoms with E-state index in [1.165, 1.54) is 12.5 Å². The summed E-state index contributed by atoms with van der Waals surface area (Å²) in [5, 5.41) is 24.3. The van der Waals surface area contributed by atoms with Crippen molar-refractivity contribution in [1.29, 1.82) is 0 Å². The second-order valence-electron chi connectivity index (χ2n) is 8.90. The highest BCUT2D eigenvalue weighted by molar-refractivity contribution is 5.92. The molecule has 0 saturated heterocycles. The second kappa shape index (κ2) is 12.0. The molecular weight excluding hydrogens is 434 g/mol. The molecule has 3 amide bonds. The molecule has 8 nitrogen and oxygen atoms in total. The molecule has 5 N–H and O–H groups in total. The summed E-state index contributed by atoms with van der Waals surface area (Å²) in [5.41, 5.74) is 3.51. The van der Waals surface area contributed by atoms with Crippen molar-refractivity contribution < 1.29 is 24.7 Å². The van der Waals surface area contributed by atoms with Gasteiger partial charge in [0, 0.05) is 19.0 Å². The molecule has 0 heterocycles. The summed E-state index contributed by atoms with van der Waals surface area (Å²) in [5.74, 6) is 2.16. The molecule has 2 rings (SSSR count). The van der Waals surface area contributed by atoms with E-state index in [-0.39, 0.29) is 6.42 Å². The van der Waals surface area contributed by atoms with Gasteiger partial charge in [0.05, 0.1) is 5.92 Å². The van der Waals surface area contributed by atoms with Gasteiger partial charge in [0.1, 0.15) is 12.1 Å². The number of hydrogen-bond acceptors (Lipinski definition) is 5. The van der Waals surface area contributed by atoms with Crippen LogP contribution in [0.2, 0.25) is 0 Å². The van der Waals surface area contributed by atoms with E-state index in [0.29, 0.717) is 5.56 Å². The van der Waals surface area contributed by atoms with Gasteiger partial charge >= 0.3 is 0 Å². The molecule has 0 spiro atoms. The van der Waals surface area contributed by atoms with Crippen molar-refractivity contribution in [3.63, 3.8) is 0 Å². The molecule has 0 radical (unpaired) electrons. The van der Waals surface area contributed by atoms with Gasteiger partial charge in [0.25, 0.3) is 5.91 Å². The molecule has 8 heteroatoms. The Bertz CT molecular complexity index is 1050. The Morgan fingerprint density at radius 3 is 2.03 bits per heavy atom. The largest absolute Gasteiger partial charge is 0.382 e. The molecule has 0 aromatic heterocycles. The normalized spacial score (nSPS) is 13.5. The van der Waals surface area contributed by atoms with E-state index in [4.69, 9.17) is 5.21 Å². The average molecular weight is 466 g/mol. The van der Waals surface area contributed by atoms with E-state index >= 15 is 0 Å². The third-order valence-electron chi connectivity index (χ3n) is 5.30. The quantitative estimate of drug-likeness (QED) is 0.242. The van der Waals surface area contributed by atoms with Gasteiger partial charge in [-0.25, -0.2) is 5.48 Å². The molecule has 0 aliphatic rings. The lowest BCUT2D eigenvalue weighted by Gasteiger charge is -2.31. The van der Waals surface area contributed by atoms with E-state index in [2.05, 4.69) is 22.5 Å². The van der Waals surface area contributed by atoms with Crippen LogP contribution in [0.15, 0.2) is 54.6 Å². The molecule has 0 bridgehead atoms. The number of hydroxylamine groups is 1. The van der Waals surface area contributed by atoms with Crippen LogP contribution in [-0.2, 0) is 14.4 Å². The van der Waals surface area contributed by atoms with Crippen molar-refractivity contribution >= 4 is 17.7 Å². The molecule has 34 heavy (non-hydrogen) atoms. The summed E-state index contributed by atoms with van der Waals surface area (Å²) in [6.07, 6.45) is -2.03. The zero-order valence-corrected chi connectivity index (χ0v) is 19.8. The summed E-state index contributed by atoms with van der Waals surface area (Å²) < 4.78 is 0. The standard InChI is InChI=1S/C26H31N3O5/c1-26(2,3)22(25(33)27-4)28-23(31)20(21(30)24(32)29-34)12-8-9-17-13-15-19(16-14-17)18-10-6-5-7-11-18/h5-7,10-11,13-16,20-22,30,34H,12H2,1-4H3,(H,27,33)(H,28,31)(H,29,32)/t20-,21+,22-/m1/s1. The molecule has 0 aliphatic heterocycles. The minimum absolute atomic E-state index is 0.175. The third kappa shape index (κ3) is 7.17. The van der Waals surface area contributed by atoms with Crippen molar-refractivity contribution in [3.8, 4) is 23.0 Å². The number of amides is 3. The van der Waals surface area contributed by atoms with Crippen LogP contribution in [0, 0.1) is 23.2 Å². The van der Waals surface area contributed by atoms with Gasteiger partial charge < -0.3 is 15.7 Å². The molecule has 0 unspecified atom stereocenters. The van der Waals surface area contributed by atoms with Crippen LogP contribution >= 0.6 is 0 Å². The van der Waals surface area contributed by atoms with Gasteiger partial charge in [-0.1, -0.05) is 75.1 Å². The SMILES string of the molecule is CNC(=O)[C@@H](NC(=O)[C@H](CC#Cc1ccc(-c2ccccc2)cc1)[C@H](O)C(=O)NO)C(C)(C)C. The average Bonchev–Trinajstić information content (AvgIpc) is 2.83. The Morgan fingerprint density at radius 1 is 0.912 bits per heavy atom. The van der Waals surface area contributed by atoms with Gasteiger partial charge in [-0.2, -0.15) is 0 Å². The first-order chi connectivity index (χ1) is 16.1. The fourth-order valence-corrected chi connectivity index (χ4v) is 3.31. The van der Waals surface area contributed by atoms with Crippen LogP contribution in [0.5, 0.6) is 0 Å². The summed E-state index contributed by atoms with van der Waals surface area (Å²) >= 11 is 0. The lowest BCUT2D eigenvalue weighted by atomic mass is 9.85. The number of carbonyl (C=O) groups is 3. The van der Waals surface area contributed by atoms with Crippen LogP contribution < -0.4 is 16.1 Å². The Labute approximate surface area is 199 Å². The maximum atomic E-state index is 12.9. The fraction of sp³-hybridized carbons (Fsp3) is 0.346. The van der Waals surface area contributed by atoms with Crippen LogP contribution in [-0.4, -0.2) is 47.2 Å². The minimum atomic E-state index is -1.86. The van der Waals surface area contributed by atoms with E-state index in [1.54, 1.807) is 20.8 Å². The molecule has 0 aliphatic carbocycles. The molecule has 180 valence electrons. The number of aliphatic hydroxyl groups is 1. The molecule has 2 aromatic rings. The molecular formula is C26H31N3O5. The summed E-state index contributed by atoms with van der Waals surface area (Å²) in [4.78, 5) is 37.0. The van der Waals surface area contributed by atoms with Gasteiger partial charge in [-0.05, 0) is 28.7 Å². The number of nitrogens with one attached hydrogen (secondary N) is 3. The van der Waals surface area contributed by atoms with Gasteiger partial charge in [0.15, 0.2) is 0 Å². The summed E-state index contributed by atoms with van der Waals surface area (Å²) in [7, 11) is 1.45. The number of aliphatic hydroxyl groups excluding tert-OH is 1. The maximum absolute atomic E-state index is 12.9. The second-order valence-corrected chi connectivity index (χ2v) is 8.90. The smallest absolute Gasteiger partial charge is 0.273 e. The summed E-state index contributed by atoms with van der Waals surface area (Å²) in [6, 6.07) is 16.5. The first-order valence-corrected chi connectivity index (χ1v) is 10.9. The van der Waals surface area contributed by atoms with Crippen molar-refractivity contribution in [2.45, 2.75) is 39.3 Å². The van der Waals surface area contributed by atoms with E-state index < -0.39 is 41.2 Å². The van der Waals surface area contributed by atoms with Gasteiger partial charge in [-0.15, -0.1) is 0 Å². The third-order valence-corrected chi connectivity index (χ3v) is 5.30. The number of benzene rings is 2. The van der Waals surface area contributed by atoms with Crippen LogP contribution in [0.1, 0.15) is 32.8 Å². The monoisotopic (exact) mass is 465 g/mol. The Morgan fingerprint density at radius 2 is 1.50 bits per heavy atom. The first kappa shape index (κ1) is 26.6. The minimum Gasteiger partial charge on any atom is -0.382 e. The van der Waals surface area contributed by atoms with E-state index in [1.807, 2.05) is 54.6 Å². The number of rotatable bonds is 7. The maximum Gasteiger partial charge on any atom is 0.273 e. The predicted octanol–water partition coefficient (Wildman–Crippen LogP) is 1.85. The molecule has 3 atom stereocenters. The van der Waals surface area contributed by atoms with Crippen LogP contribution in [0.25, 0.3) is 11.1 Å². The van der Waals surface area contributed by atoms with Gasteiger partial charge in [-0.3, -0.25) is 19.6 Å². The van der Waals surface area contributed by atoms with Crippen molar-refractivity contribution in [2.24, 2.45) is 11.3 Å². The van der Waals surface area contributed by atoms with E-state index in [9.17, 15) is 19.5 Å². The summed E-state index contributed by atoms with van der Waals surface area (Å²) in [6.45, 7) is 5.33. The topological polar surface area (TPSA) is 128 Å². The van der Waals surface area contributed by atoms with Crippen LogP contribution in [0.4, 0.5) is 0 Å². The number of carbonyl (C=O) groups excluding carboxylic acids is 3. The predicted molar refractivity (Wildman–Crippen MR) is 128 cm³/mol. The fourth-order valence-electron chi connectivity index (χ4n) is 3.31. The Hall–Kier alpha value is -3.67. The van der Waals surface area contributed by atoms with Gasteiger partial charge in [0.2, 0.25) is 11.8 Å². The molecule has 0 saturated carbocycles. The van der Waals surface area contributed by atoms with Crippen molar-refractivity contribution in [1.82, 2.24) is 16.1 Å². The van der Waals surface area contributed by atoms with Crippen molar-refractivity contribution in [3.05, 3.63) is 60.2 Å². The Kier molecular flexibility index (Phi) is 9.36. The lowest BCUT2D eigenvalue weighted by Crippen LogP contribution is -2.56. The number of hydrogen-bond donors (Lipinski definition) is 5. The first-order valence-electron chi connectivity index (χ1n) is 10.9.